The van der Waals surface area contributed by atoms with Crippen LogP contribution in [0.25, 0.3) is 10.2 Å². The highest BCUT2D eigenvalue weighted by Crippen LogP contribution is 2.30. The van der Waals surface area contributed by atoms with Gasteiger partial charge in [0.25, 0.3) is 10.0 Å². The molecule has 0 radical (unpaired) electrons. The van der Waals surface area contributed by atoms with Crippen molar-refractivity contribution in [1.82, 2.24) is 9.29 Å². The number of thiophene rings is 1. The number of sulfonamides is 1. The Morgan fingerprint density at radius 1 is 1.23 bits per heavy atom. The quantitative estimate of drug-likeness (QED) is 0.580. The number of thiazole rings is 1. The number of anilines is 1. The molecule has 1 aliphatic heterocycles. The number of methoxy groups -OCH3 is 1. The average molecular weight is 466 g/mol. The van der Waals surface area contributed by atoms with Crippen LogP contribution in [0, 0.1) is 5.92 Å². The molecule has 3 aromatic rings. The third-order valence-corrected chi connectivity index (χ3v) is 9.16. The van der Waals surface area contributed by atoms with Gasteiger partial charge in [-0.2, -0.15) is 4.31 Å². The average Bonchev–Trinajstić information content (AvgIpc) is 3.42. The lowest BCUT2D eigenvalue weighted by Gasteiger charge is -2.29. The van der Waals surface area contributed by atoms with Gasteiger partial charge in [0.1, 0.15) is 4.21 Å². The molecule has 11 heteroatoms. The molecule has 0 saturated carbocycles. The summed E-state index contributed by atoms with van der Waals surface area (Å²) in [7, 11) is -2.16. The van der Waals surface area contributed by atoms with Crippen LogP contribution in [-0.4, -0.2) is 49.8 Å². The summed E-state index contributed by atoms with van der Waals surface area (Å²) in [5.74, 6) is -0.881. The largest absolute Gasteiger partial charge is 0.465 e. The molecule has 8 nitrogen and oxygen atoms in total. The van der Waals surface area contributed by atoms with E-state index in [0.717, 1.165) is 4.70 Å². The molecule has 30 heavy (non-hydrogen) atoms. The lowest BCUT2D eigenvalue weighted by atomic mass is 9.97. The molecule has 3 heterocycles. The Balaban J connectivity index is 1.40. The molecular weight excluding hydrogens is 446 g/mol. The number of rotatable bonds is 5. The van der Waals surface area contributed by atoms with Crippen LogP contribution in [0.5, 0.6) is 0 Å². The first-order chi connectivity index (χ1) is 14.4. The Bertz CT molecular complexity index is 1180. The van der Waals surface area contributed by atoms with Gasteiger partial charge in [-0.15, -0.1) is 11.3 Å². The van der Waals surface area contributed by atoms with Gasteiger partial charge in [0, 0.05) is 19.0 Å². The van der Waals surface area contributed by atoms with Crippen molar-refractivity contribution in [3.05, 3.63) is 41.3 Å². The second-order valence-corrected chi connectivity index (χ2v) is 10.9. The first-order valence-corrected chi connectivity index (χ1v) is 12.4. The summed E-state index contributed by atoms with van der Waals surface area (Å²) in [6, 6.07) is 8.33. The van der Waals surface area contributed by atoms with Crippen LogP contribution in [0.1, 0.15) is 23.2 Å². The molecular formula is C19H19N3O5S3. The van der Waals surface area contributed by atoms with Crippen molar-refractivity contribution in [2.75, 3.05) is 25.5 Å². The topological polar surface area (TPSA) is 106 Å². The van der Waals surface area contributed by atoms with Crippen LogP contribution in [-0.2, 0) is 19.6 Å². The second-order valence-electron chi connectivity index (χ2n) is 6.79. The molecule has 0 atom stereocenters. The van der Waals surface area contributed by atoms with Crippen molar-refractivity contribution < 1.29 is 22.7 Å². The van der Waals surface area contributed by atoms with Gasteiger partial charge in [-0.25, -0.2) is 18.2 Å². The minimum absolute atomic E-state index is 0.171. The number of carbonyl (C=O) groups is 2. The number of carbonyl (C=O) groups excluding carboxylic acids is 2. The first kappa shape index (κ1) is 20.9. The lowest BCUT2D eigenvalue weighted by Crippen LogP contribution is -2.41. The molecule has 0 aliphatic carbocycles. The number of nitrogens with zero attached hydrogens (tertiary/aromatic N) is 2. The van der Waals surface area contributed by atoms with Crippen LogP contribution < -0.4 is 5.32 Å². The molecule has 0 spiro atoms. The van der Waals surface area contributed by atoms with E-state index >= 15 is 0 Å². The van der Waals surface area contributed by atoms with Gasteiger partial charge in [0.05, 0.1) is 22.9 Å². The molecule has 1 N–H and O–H groups in total. The Morgan fingerprint density at radius 3 is 2.67 bits per heavy atom. The Kier molecular flexibility index (Phi) is 5.87. The SMILES string of the molecule is COC(=O)c1ccc2nc(NC(=O)C3CCN(S(=O)(=O)c4cccs4)CC3)sc2c1. The van der Waals surface area contributed by atoms with Crippen molar-refractivity contribution in [1.29, 1.82) is 0 Å². The van der Waals surface area contributed by atoms with E-state index < -0.39 is 16.0 Å². The van der Waals surface area contributed by atoms with E-state index in [-0.39, 0.29) is 11.8 Å². The number of hydrogen-bond donors (Lipinski definition) is 1. The zero-order valence-corrected chi connectivity index (χ0v) is 18.5. The lowest BCUT2D eigenvalue weighted by molar-refractivity contribution is -0.120. The van der Waals surface area contributed by atoms with E-state index in [1.807, 2.05) is 0 Å². The van der Waals surface area contributed by atoms with E-state index in [1.165, 1.54) is 34.1 Å². The summed E-state index contributed by atoms with van der Waals surface area (Å²) in [6.07, 6.45) is 0.904. The molecule has 1 amide bonds. The van der Waals surface area contributed by atoms with Crippen molar-refractivity contribution >= 4 is 59.9 Å². The van der Waals surface area contributed by atoms with Gasteiger partial charge in [0.15, 0.2) is 5.13 Å². The number of aromatic nitrogens is 1. The first-order valence-electron chi connectivity index (χ1n) is 9.22. The third kappa shape index (κ3) is 4.10. The molecule has 0 bridgehead atoms. The predicted molar refractivity (Wildman–Crippen MR) is 115 cm³/mol. The number of piperidine rings is 1. The Labute approximate surface area is 181 Å². The molecule has 1 fully saturated rings. The summed E-state index contributed by atoms with van der Waals surface area (Å²) in [4.78, 5) is 28.7. The molecule has 0 unspecified atom stereocenters. The third-order valence-electron chi connectivity index (χ3n) is 4.95. The van der Waals surface area contributed by atoms with Crippen LogP contribution in [0.4, 0.5) is 5.13 Å². The van der Waals surface area contributed by atoms with E-state index in [4.69, 9.17) is 4.74 Å². The fourth-order valence-electron chi connectivity index (χ4n) is 3.33. The smallest absolute Gasteiger partial charge is 0.337 e. The normalized spacial score (nSPS) is 15.9. The van der Waals surface area contributed by atoms with Gasteiger partial charge >= 0.3 is 5.97 Å². The zero-order valence-electron chi connectivity index (χ0n) is 16.0. The van der Waals surface area contributed by atoms with Gasteiger partial charge < -0.3 is 10.1 Å². The van der Waals surface area contributed by atoms with Crippen molar-refractivity contribution in [2.45, 2.75) is 17.1 Å². The molecule has 158 valence electrons. The highest BCUT2D eigenvalue weighted by atomic mass is 32.2. The number of fused-ring (bicyclic) bond motifs is 1. The maximum atomic E-state index is 12.7. The monoisotopic (exact) mass is 465 g/mol. The summed E-state index contributed by atoms with van der Waals surface area (Å²) >= 11 is 2.47. The van der Waals surface area contributed by atoms with Gasteiger partial charge in [-0.05, 0) is 42.5 Å². The summed E-state index contributed by atoms with van der Waals surface area (Å²) in [6.45, 7) is 0.612. The minimum atomic E-state index is -3.49. The van der Waals surface area contributed by atoms with E-state index in [9.17, 15) is 18.0 Å². The number of amides is 1. The Hall–Kier alpha value is -2.34. The van der Waals surface area contributed by atoms with Gasteiger partial charge in [-0.3, -0.25) is 4.79 Å². The fraction of sp³-hybridized carbons (Fsp3) is 0.316. The van der Waals surface area contributed by atoms with E-state index in [1.54, 1.807) is 35.7 Å². The van der Waals surface area contributed by atoms with Crippen LogP contribution in [0.3, 0.4) is 0 Å². The number of ether oxygens (including phenoxy) is 1. The number of benzene rings is 1. The van der Waals surface area contributed by atoms with Gasteiger partial charge in [0.2, 0.25) is 5.91 Å². The summed E-state index contributed by atoms with van der Waals surface area (Å²) in [5, 5.41) is 5.02. The Morgan fingerprint density at radius 2 is 2.00 bits per heavy atom. The van der Waals surface area contributed by atoms with E-state index in [2.05, 4.69) is 10.3 Å². The predicted octanol–water partition coefficient (Wildman–Crippen LogP) is 3.18. The minimum Gasteiger partial charge on any atom is -0.465 e. The van der Waals surface area contributed by atoms with Crippen LogP contribution in [0.2, 0.25) is 0 Å². The van der Waals surface area contributed by atoms with Crippen molar-refractivity contribution in [2.24, 2.45) is 5.92 Å². The molecule has 1 saturated heterocycles. The van der Waals surface area contributed by atoms with Crippen molar-refractivity contribution in [3.8, 4) is 0 Å². The fourth-order valence-corrected chi connectivity index (χ4v) is 6.85. The van der Waals surface area contributed by atoms with Crippen LogP contribution in [0.15, 0.2) is 39.9 Å². The highest BCUT2D eigenvalue weighted by molar-refractivity contribution is 7.91. The number of nitrogens with one attached hydrogen (secondary N) is 1. The number of esters is 1. The molecule has 4 rings (SSSR count). The van der Waals surface area contributed by atoms with Gasteiger partial charge in [-0.1, -0.05) is 17.4 Å². The second kappa shape index (κ2) is 8.42. The molecule has 2 aromatic heterocycles. The maximum absolute atomic E-state index is 12.7. The highest BCUT2D eigenvalue weighted by Gasteiger charge is 2.32. The van der Waals surface area contributed by atoms with Crippen molar-refractivity contribution in [3.63, 3.8) is 0 Å². The maximum Gasteiger partial charge on any atom is 0.337 e. The van der Waals surface area contributed by atoms with Crippen LogP contribution >= 0.6 is 22.7 Å². The zero-order chi connectivity index (χ0) is 21.3. The number of hydrogen-bond acceptors (Lipinski definition) is 8. The molecule has 1 aromatic carbocycles. The van der Waals surface area contributed by atoms with E-state index in [0.29, 0.717) is 46.4 Å². The summed E-state index contributed by atoms with van der Waals surface area (Å²) in [5.41, 5.74) is 1.10. The standard InChI is InChI=1S/C19H19N3O5S3/c1-27-18(24)13-4-5-14-15(11-13)29-19(20-14)21-17(23)12-6-8-22(9-7-12)30(25,26)16-3-2-10-28-16/h2-5,10-12H,6-9H2,1H3,(H,20,21,23). The summed E-state index contributed by atoms with van der Waals surface area (Å²) < 4.78 is 32.5. The molecule has 1 aliphatic rings.